The zero-order valence-electron chi connectivity index (χ0n) is 16.9. The molecule has 0 saturated heterocycles. The van der Waals surface area contributed by atoms with Crippen LogP contribution in [0.3, 0.4) is 0 Å². The summed E-state index contributed by atoms with van der Waals surface area (Å²) in [5, 5.41) is 8.71. The first-order valence-corrected chi connectivity index (χ1v) is 10.5. The minimum atomic E-state index is -0.426. The number of hydrogen-bond acceptors (Lipinski definition) is 4. The Hall–Kier alpha value is -2.02. The molecule has 3 rings (SSSR count). The predicted molar refractivity (Wildman–Crippen MR) is 117 cm³/mol. The van der Waals surface area contributed by atoms with E-state index < -0.39 is 6.04 Å². The fraction of sp³-hybridized carbons (Fsp3) is 0.429. The highest BCUT2D eigenvalue weighted by Crippen LogP contribution is 2.38. The Labute approximate surface area is 181 Å². The van der Waals surface area contributed by atoms with Crippen LogP contribution in [0, 0.1) is 0 Å². The van der Waals surface area contributed by atoms with Crippen LogP contribution in [-0.2, 0) is 9.53 Å². The Kier molecular flexibility index (Phi) is 7.22. The molecule has 1 unspecified atom stereocenters. The van der Waals surface area contributed by atoms with Crippen molar-refractivity contribution in [1.82, 2.24) is 14.7 Å². The van der Waals surface area contributed by atoms with Crippen LogP contribution >= 0.6 is 23.2 Å². The van der Waals surface area contributed by atoms with Gasteiger partial charge in [-0.25, -0.2) is 4.68 Å². The zero-order valence-corrected chi connectivity index (χ0v) is 18.4. The van der Waals surface area contributed by atoms with E-state index in [0.717, 1.165) is 29.9 Å². The summed E-state index contributed by atoms with van der Waals surface area (Å²) in [6.45, 7) is 5.81. The van der Waals surface area contributed by atoms with Crippen molar-refractivity contribution in [2.75, 3.05) is 32.1 Å². The molecule has 0 aliphatic carbocycles. The van der Waals surface area contributed by atoms with Crippen molar-refractivity contribution in [1.29, 1.82) is 0 Å². The minimum absolute atomic E-state index is 0.0227. The van der Waals surface area contributed by atoms with Crippen LogP contribution in [0.5, 0.6) is 0 Å². The first-order chi connectivity index (χ1) is 14.0. The van der Waals surface area contributed by atoms with E-state index in [1.54, 1.807) is 25.4 Å². The van der Waals surface area contributed by atoms with Gasteiger partial charge < -0.3 is 15.0 Å². The van der Waals surface area contributed by atoms with E-state index in [2.05, 4.69) is 24.3 Å². The van der Waals surface area contributed by atoms with Crippen molar-refractivity contribution >= 4 is 34.9 Å². The van der Waals surface area contributed by atoms with Gasteiger partial charge in [0.2, 0.25) is 0 Å². The minimum Gasteiger partial charge on any atom is -0.378 e. The molecule has 156 valence electrons. The van der Waals surface area contributed by atoms with E-state index in [1.807, 2.05) is 21.7 Å². The van der Waals surface area contributed by atoms with Crippen LogP contribution in [0.25, 0.3) is 0 Å². The summed E-state index contributed by atoms with van der Waals surface area (Å²) in [4.78, 5) is 15.6. The second kappa shape index (κ2) is 9.65. The number of rotatable bonds is 8. The second-order valence-corrected chi connectivity index (χ2v) is 7.79. The average Bonchev–Trinajstić information content (AvgIpc) is 3.17. The lowest BCUT2D eigenvalue weighted by molar-refractivity contribution is -0.127. The molecule has 0 fully saturated rings. The molecule has 1 atom stereocenters. The van der Waals surface area contributed by atoms with Gasteiger partial charge in [0.25, 0.3) is 5.91 Å². The molecule has 0 spiro atoms. The Balaban J connectivity index is 2.16. The highest BCUT2D eigenvalue weighted by molar-refractivity contribution is 6.42. The number of methoxy groups -OCH3 is 1. The fourth-order valence-corrected chi connectivity index (χ4v) is 3.95. The highest BCUT2D eigenvalue weighted by Gasteiger charge is 2.36. The maximum absolute atomic E-state index is 13.7. The normalized spacial score (nSPS) is 15.8. The van der Waals surface area contributed by atoms with Gasteiger partial charge in [0.05, 0.1) is 34.1 Å². The number of carbonyl (C=O) groups is 1. The van der Waals surface area contributed by atoms with Gasteiger partial charge in [0.15, 0.2) is 0 Å². The first-order valence-electron chi connectivity index (χ1n) is 9.78. The molecule has 8 heteroatoms. The number of anilines is 1. The Morgan fingerprint density at radius 1 is 1.21 bits per heavy atom. The number of nitrogens with zero attached hydrogens (tertiary/aromatic N) is 3. The number of carbonyl (C=O) groups excluding carboxylic acids is 1. The van der Waals surface area contributed by atoms with Crippen LogP contribution in [-0.4, -0.2) is 47.4 Å². The van der Waals surface area contributed by atoms with Crippen molar-refractivity contribution in [2.45, 2.75) is 32.7 Å². The predicted octanol–water partition coefficient (Wildman–Crippen LogP) is 4.75. The molecule has 0 radical (unpaired) electrons. The number of benzene rings is 1. The van der Waals surface area contributed by atoms with Crippen LogP contribution in [0.4, 0.5) is 5.82 Å². The summed E-state index contributed by atoms with van der Waals surface area (Å²) >= 11 is 12.4. The maximum Gasteiger partial charge on any atom is 0.254 e. The van der Waals surface area contributed by atoms with Crippen molar-refractivity contribution in [2.24, 2.45) is 0 Å². The Bertz CT molecular complexity index is 904. The van der Waals surface area contributed by atoms with Gasteiger partial charge in [0, 0.05) is 26.3 Å². The monoisotopic (exact) mass is 436 g/mol. The maximum atomic E-state index is 13.7. The lowest BCUT2D eigenvalue weighted by Crippen LogP contribution is -2.40. The van der Waals surface area contributed by atoms with Crippen LogP contribution < -0.4 is 5.32 Å². The third kappa shape index (κ3) is 4.44. The van der Waals surface area contributed by atoms with E-state index in [4.69, 9.17) is 27.9 Å². The van der Waals surface area contributed by atoms with E-state index >= 15 is 0 Å². The van der Waals surface area contributed by atoms with E-state index in [9.17, 15) is 4.79 Å². The molecular weight excluding hydrogens is 411 g/mol. The molecule has 1 amide bonds. The second-order valence-electron chi connectivity index (χ2n) is 6.98. The van der Waals surface area contributed by atoms with Crippen molar-refractivity contribution in [3.63, 3.8) is 0 Å². The molecule has 2 heterocycles. The van der Waals surface area contributed by atoms with Gasteiger partial charge in [-0.15, -0.1) is 0 Å². The molecule has 2 aromatic rings. The molecule has 6 nitrogen and oxygen atoms in total. The molecule has 1 N–H and O–H groups in total. The molecule has 0 saturated carbocycles. The van der Waals surface area contributed by atoms with E-state index in [1.165, 1.54) is 0 Å². The van der Waals surface area contributed by atoms with Gasteiger partial charge in [-0.1, -0.05) is 43.1 Å². The number of aromatic nitrogens is 2. The van der Waals surface area contributed by atoms with Crippen molar-refractivity contribution < 1.29 is 9.53 Å². The largest absolute Gasteiger partial charge is 0.378 e. The summed E-state index contributed by atoms with van der Waals surface area (Å²) in [6.07, 6.45) is 3.48. The van der Waals surface area contributed by atoms with Gasteiger partial charge in [-0.2, -0.15) is 5.10 Å². The number of halogens is 2. The van der Waals surface area contributed by atoms with Gasteiger partial charge in [0.1, 0.15) is 11.9 Å². The van der Waals surface area contributed by atoms with Gasteiger partial charge >= 0.3 is 0 Å². The number of amides is 1. The molecule has 1 aromatic heterocycles. The Morgan fingerprint density at radius 3 is 2.55 bits per heavy atom. The Morgan fingerprint density at radius 2 is 1.93 bits per heavy atom. The number of hydrogen-bond donors (Lipinski definition) is 1. The molecular formula is C21H26Cl2N4O2. The topological polar surface area (TPSA) is 59.4 Å². The summed E-state index contributed by atoms with van der Waals surface area (Å²) < 4.78 is 7.22. The third-order valence-electron chi connectivity index (χ3n) is 4.85. The van der Waals surface area contributed by atoms with Crippen molar-refractivity contribution in [3.05, 3.63) is 57.3 Å². The number of ether oxygens (including phenoxy) is 1. The van der Waals surface area contributed by atoms with Crippen LogP contribution in [0.1, 0.15) is 38.3 Å². The average molecular weight is 437 g/mol. The third-order valence-corrected chi connectivity index (χ3v) is 5.58. The number of fused-ring (bicyclic) bond motifs is 1. The van der Waals surface area contributed by atoms with E-state index in [0.29, 0.717) is 28.7 Å². The summed E-state index contributed by atoms with van der Waals surface area (Å²) in [7, 11) is 1.62. The van der Waals surface area contributed by atoms with Crippen LogP contribution in [0.2, 0.25) is 10.0 Å². The molecule has 29 heavy (non-hydrogen) atoms. The first kappa shape index (κ1) is 21.7. The standard InChI is InChI=1S/C21H26Cl2N4O2/c1-4-10-26(11-5-2)21(28)19-17(13-29-3)25-18-8-9-24-27(18)20(19)14-6-7-15(22)16(23)12-14/h6-9,12,20,25H,4-5,10-11,13H2,1-3H3. The van der Waals surface area contributed by atoms with E-state index in [-0.39, 0.29) is 12.5 Å². The summed E-state index contributed by atoms with van der Waals surface area (Å²) in [5.74, 6) is 0.771. The van der Waals surface area contributed by atoms with Crippen LogP contribution in [0.15, 0.2) is 41.7 Å². The lowest BCUT2D eigenvalue weighted by Gasteiger charge is -2.33. The van der Waals surface area contributed by atoms with Gasteiger partial charge in [-0.3, -0.25) is 4.79 Å². The number of nitrogens with one attached hydrogen (secondary N) is 1. The van der Waals surface area contributed by atoms with Gasteiger partial charge in [-0.05, 0) is 30.5 Å². The van der Waals surface area contributed by atoms with Crippen molar-refractivity contribution in [3.8, 4) is 0 Å². The SMILES string of the molecule is CCCN(CCC)C(=O)C1=C(COC)Nc2ccnn2C1c1ccc(Cl)c(Cl)c1. The fourth-order valence-electron chi connectivity index (χ4n) is 3.65. The molecule has 0 bridgehead atoms. The quantitative estimate of drug-likeness (QED) is 0.648. The molecule has 1 aliphatic rings. The zero-order chi connectivity index (χ0) is 21.0. The molecule has 1 aromatic carbocycles. The summed E-state index contributed by atoms with van der Waals surface area (Å²) in [5.41, 5.74) is 2.19. The highest BCUT2D eigenvalue weighted by atomic mass is 35.5. The lowest BCUT2D eigenvalue weighted by atomic mass is 9.94. The smallest absolute Gasteiger partial charge is 0.254 e. The molecule has 1 aliphatic heterocycles. The summed E-state index contributed by atoms with van der Waals surface area (Å²) in [6, 6.07) is 6.88.